The fraction of sp³-hybridized carbons (Fsp3) is 0.278. The summed E-state index contributed by atoms with van der Waals surface area (Å²) in [5.74, 6) is -1.26. The van der Waals surface area contributed by atoms with Crippen molar-refractivity contribution in [1.29, 1.82) is 0 Å². The van der Waals surface area contributed by atoms with E-state index >= 15 is 0 Å². The molecule has 0 radical (unpaired) electrons. The highest BCUT2D eigenvalue weighted by molar-refractivity contribution is 6.31. The number of methoxy groups -OCH3 is 1. The highest BCUT2D eigenvalue weighted by atomic mass is 35.5. The van der Waals surface area contributed by atoms with E-state index < -0.39 is 17.5 Å². The highest BCUT2D eigenvalue weighted by Gasteiger charge is 2.40. The molecular weight excluding hydrogens is 355 g/mol. The van der Waals surface area contributed by atoms with E-state index in [4.69, 9.17) is 16.3 Å². The van der Waals surface area contributed by atoms with Crippen LogP contribution in [0.4, 0.5) is 18.9 Å². The standard InChI is InChI=1S/C16H13ClF3NO2.C2H6/c1-23-12-5-2-10(3-6-12)9-21-14-7-4-11(17)8-13(14)15(22)16(18,19)20;1-2/h2-8,21H,9H2,1H3;1-2H3. The second kappa shape index (κ2) is 9.32. The minimum atomic E-state index is -4.96. The third kappa shape index (κ3) is 5.98. The molecule has 0 aromatic heterocycles. The van der Waals surface area contributed by atoms with E-state index in [-0.39, 0.29) is 17.3 Å². The molecule has 0 aliphatic rings. The average molecular weight is 374 g/mol. The van der Waals surface area contributed by atoms with Gasteiger partial charge in [0.1, 0.15) is 5.75 Å². The van der Waals surface area contributed by atoms with Crippen LogP contribution in [0.15, 0.2) is 42.5 Å². The van der Waals surface area contributed by atoms with Crippen molar-refractivity contribution >= 4 is 23.1 Å². The van der Waals surface area contributed by atoms with Crippen LogP contribution in [0.25, 0.3) is 0 Å². The number of halogens is 4. The summed E-state index contributed by atoms with van der Waals surface area (Å²) >= 11 is 5.70. The van der Waals surface area contributed by atoms with Crippen LogP contribution in [0.2, 0.25) is 5.02 Å². The van der Waals surface area contributed by atoms with Gasteiger partial charge in [0.2, 0.25) is 0 Å². The van der Waals surface area contributed by atoms with Crippen molar-refractivity contribution in [2.24, 2.45) is 0 Å². The minimum Gasteiger partial charge on any atom is -0.497 e. The molecule has 1 N–H and O–H groups in total. The molecule has 2 aromatic carbocycles. The van der Waals surface area contributed by atoms with Crippen molar-refractivity contribution in [3.63, 3.8) is 0 Å². The summed E-state index contributed by atoms with van der Waals surface area (Å²) in [5.41, 5.74) is 0.400. The number of hydrogen-bond acceptors (Lipinski definition) is 3. The maximum Gasteiger partial charge on any atom is 0.454 e. The Balaban J connectivity index is 0.00000151. The Morgan fingerprint density at radius 3 is 2.24 bits per heavy atom. The predicted octanol–water partition coefficient (Wildman–Crippen LogP) is 5.73. The van der Waals surface area contributed by atoms with E-state index in [2.05, 4.69) is 5.32 Å². The third-order valence-corrected chi connectivity index (χ3v) is 3.36. The summed E-state index contributed by atoms with van der Waals surface area (Å²) < 4.78 is 43.0. The lowest BCUT2D eigenvalue weighted by Crippen LogP contribution is -2.24. The molecule has 0 aliphatic carbocycles. The molecule has 0 amide bonds. The first-order chi connectivity index (χ1) is 11.8. The number of anilines is 1. The molecule has 0 fully saturated rings. The Kier molecular flexibility index (Phi) is 7.77. The van der Waals surface area contributed by atoms with Gasteiger partial charge in [-0.2, -0.15) is 13.2 Å². The van der Waals surface area contributed by atoms with E-state index in [1.54, 1.807) is 24.3 Å². The van der Waals surface area contributed by atoms with E-state index in [1.807, 2.05) is 13.8 Å². The Bertz CT molecular complexity index is 700. The minimum absolute atomic E-state index is 0.0626. The van der Waals surface area contributed by atoms with Crippen LogP contribution in [0.1, 0.15) is 29.8 Å². The third-order valence-electron chi connectivity index (χ3n) is 3.13. The maximum atomic E-state index is 12.7. The van der Waals surface area contributed by atoms with E-state index in [1.165, 1.54) is 19.2 Å². The second-order valence-corrected chi connectivity index (χ2v) is 5.15. The van der Waals surface area contributed by atoms with Gasteiger partial charge in [-0.05, 0) is 35.9 Å². The molecule has 0 spiro atoms. The molecule has 136 valence electrons. The summed E-state index contributed by atoms with van der Waals surface area (Å²) in [7, 11) is 1.54. The number of benzene rings is 2. The highest BCUT2D eigenvalue weighted by Crippen LogP contribution is 2.29. The monoisotopic (exact) mass is 373 g/mol. The number of Topliss-reactive ketones (excluding diaryl/α,β-unsaturated/α-hetero) is 1. The molecule has 0 unspecified atom stereocenters. The molecule has 2 rings (SSSR count). The SMILES string of the molecule is CC.COc1ccc(CNc2ccc(Cl)cc2C(=O)C(F)(F)F)cc1. The van der Waals surface area contributed by atoms with Crippen LogP contribution in [0.5, 0.6) is 5.75 Å². The Labute approximate surface area is 149 Å². The van der Waals surface area contributed by atoms with Crippen LogP contribution < -0.4 is 10.1 Å². The molecule has 3 nitrogen and oxygen atoms in total. The first kappa shape index (κ1) is 20.8. The van der Waals surface area contributed by atoms with Crippen molar-refractivity contribution in [2.45, 2.75) is 26.6 Å². The van der Waals surface area contributed by atoms with Gasteiger partial charge < -0.3 is 10.1 Å². The lowest BCUT2D eigenvalue weighted by atomic mass is 10.1. The normalized spacial score (nSPS) is 10.5. The van der Waals surface area contributed by atoms with E-state index in [0.29, 0.717) is 5.75 Å². The summed E-state index contributed by atoms with van der Waals surface area (Å²) in [6.07, 6.45) is -4.96. The van der Waals surface area contributed by atoms with E-state index in [0.717, 1.165) is 11.6 Å². The fourth-order valence-corrected chi connectivity index (χ4v) is 2.12. The smallest absolute Gasteiger partial charge is 0.454 e. The maximum absolute atomic E-state index is 12.7. The van der Waals surface area contributed by atoms with Gasteiger partial charge in [0, 0.05) is 17.3 Å². The molecule has 0 bridgehead atoms. The van der Waals surface area contributed by atoms with Gasteiger partial charge >= 0.3 is 6.18 Å². The number of hydrogen-bond donors (Lipinski definition) is 1. The lowest BCUT2D eigenvalue weighted by molar-refractivity contribution is -0.0884. The molecule has 0 aliphatic heterocycles. The van der Waals surface area contributed by atoms with Crippen LogP contribution in [-0.2, 0) is 6.54 Å². The van der Waals surface area contributed by atoms with E-state index in [9.17, 15) is 18.0 Å². The molecule has 0 atom stereocenters. The number of alkyl halides is 3. The van der Waals surface area contributed by atoms with Crippen molar-refractivity contribution in [1.82, 2.24) is 0 Å². The van der Waals surface area contributed by atoms with Gasteiger partial charge in [-0.1, -0.05) is 37.6 Å². The van der Waals surface area contributed by atoms with Gasteiger partial charge in [-0.25, -0.2) is 0 Å². The molecule has 0 heterocycles. The van der Waals surface area contributed by atoms with Gasteiger partial charge in [-0.15, -0.1) is 0 Å². The number of ketones is 1. The van der Waals surface area contributed by atoms with Crippen LogP contribution in [-0.4, -0.2) is 19.1 Å². The quantitative estimate of drug-likeness (QED) is 0.680. The molecule has 2 aromatic rings. The number of ether oxygens (including phenoxy) is 1. The zero-order valence-corrected chi connectivity index (χ0v) is 14.8. The van der Waals surface area contributed by atoms with Gasteiger partial charge in [0.25, 0.3) is 5.78 Å². The van der Waals surface area contributed by atoms with Gasteiger partial charge in [0.15, 0.2) is 0 Å². The Morgan fingerprint density at radius 2 is 1.72 bits per heavy atom. The number of nitrogens with one attached hydrogen (secondary N) is 1. The largest absolute Gasteiger partial charge is 0.497 e. The lowest BCUT2D eigenvalue weighted by Gasteiger charge is -2.13. The van der Waals surface area contributed by atoms with Gasteiger partial charge in [0.05, 0.1) is 12.7 Å². The average Bonchev–Trinajstić information content (AvgIpc) is 2.61. The first-order valence-electron chi connectivity index (χ1n) is 7.59. The Hall–Kier alpha value is -2.21. The van der Waals surface area contributed by atoms with Crippen molar-refractivity contribution in [2.75, 3.05) is 12.4 Å². The number of rotatable bonds is 5. The number of carbonyl (C=O) groups excluding carboxylic acids is 1. The van der Waals surface area contributed by atoms with Crippen LogP contribution >= 0.6 is 11.6 Å². The second-order valence-electron chi connectivity index (χ2n) is 4.72. The number of carbonyl (C=O) groups is 1. The Morgan fingerprint density at radius 1 is 1.12 bits per heavy atom. The molecule has 0 saturated carbocycles. The van der Waals surface area contributed by atoms with Crippen LogP contribution in [0, 0.1) is 0 Å². The summed E-state index contributed by atoms with van der Waals surface area (Å²) in [6, 6.07) is 10.8. The predicted molar refractivity (Wildman–Crippen MR) is 93.5 cm³/mol. The summed E-state index contributed by atoms with van der Waals surface area (Å²) in [5, 5.41) is 2.89. The summed E-state index contributed by atoms with van der Waals surface area (Å²) in [4.78, 5) is 11.5. The molecule has 25 heavy (non-hydrogen) atoms. The molecular formula is C18H19ClF3NO2. The van der Waals surface area contributed by atoms with Gasteiger partial charge in [-0.3, -0.25) is 4.79 Å². The first-order valence-corrected chi connectivity index (χ1v) is 7.97. The van der Waals surface area contributed by atoms with Crippen molar-refractivity contribution in [3.05, 3.63) is 58.6 Å². The molecule has 7 heteroatoms. The fourth-order valence-electron chi connectivity index (χ4n) is 1.95. The zero-order valence-electron chi connectivity index (χ0n) is 14.1. The van der Waals surface area contributed by atoms with Crippen molar-refractivity contribution < 1.29 is 22.7 Å². The zero-order chi connectivity index (χ0) is 19.0. The summed E-state index contributed by atoms with van der Waals surface area (Å²) in [6.45, 7) is 4.25. The van der Waals surface area contributed by atoms with Crippen molar-refractivity contribution in [3.8, 4) is 5.75 Å². The molecule has 0 saturated heterocycles. The van der Waals surface area contributed by atoms with Crippen LogP contribution in [0.3, 0.4) is 0 Å². The topological polar surface area (TPSA) is 38.3 Å².